The van der Waals surface area contributed by atoms with Gasteiger partial charge in [-0.2, -0.15) is 0 Å². The molecule has 1 aliphatic rings. The van der Waals surface area contributed by atoms with Crippen LogP contribution in [0.1, 0.15) is 11.3 Å². The SMILES string of the molecule is O=C([O-])C[NH+]1CCc2ncccc2C1. The number of quaternary nitrogens is 1. The number of hydrogen-bond donors (Lipinski definition) is 1. The van der Waals surface area contributed by atoms with Gasteiger partial charge in [-0.1, -0.05) is 6.07 Å². The molecule has 0 radical (unpaired) electrons. The maximum absolute atomic E-state index is 10.4. The summed E-state index contributed by atoms with van der Waals surface area (Å²) in [7, 11) is 0. The monoisotopic (exact) mass is 192 g/mol. The largest absolute Gasteiger partial charge is 0.544 e. The topological polar surface area (TPSA) is 57.5 Å². The third kappa shape index (κ3) is 1.90. The lowest BCUT2D eigenvalue weighted by atomic mass is 10.1. The van der Waals surface area contributed by atoms with E-state index in [2.05, 4.69) is 4.98 Å². The van der Waals surface area contributed by atoms with Crippen LogP contribution in [0.2, 0.25) is 0 Å². The molecule has 4 nitrogen and oxygen atoms in total. The van der Waals surface area contributed by atoms with Crippen LogP contribution in [-0.2, 0) is 17.8 Å². The van der Waals surface area contributed by atoms with Crippen molar-refractivity contribution in [2.24, 2.45) is 0 Å². The summed E-state index contributed by atoms with van der Waals surface area (Å²) < 4.78 is 0. The van der Waals surface area contributed by atoms with Gasteiger partial charge in [-0.3, -0.25) is 4.98 Å². The maximum atomic E-state index is 10.4. The molecule has 0 fully saturated rings. The summed E-state index contributed by atoms with van der Waals surface area (Å²) in [5, 5.41) is 10.4. The molecular weight excluding hydrogens is 180 g/mol. The average Bonchev–Trinajstić information content (AvgIpc) is 2.17. The summed E-state index contributed by atoms with van der Waals surface area (Å²) in [5.74, 6) is -0.979. The molecular formula is C10H12N2O2. The molecule has 1 unspecified atom stereocenters. The number of nitrogens with zero attached hydrogens (tertiary/aromatic N) is 1. The lowest BCUT2D eigenvalue weighted by Gasteiger charge is -2.25. The maximum Gasteiger partial charge on any atom is 0.118 e. The number of hydrogen-bond acceptors (Lipinski definition) is 3. The summed E-state index contributed by atoms with van der Waals surface area (Å²) >= 11 is 0. The van der Waals surface area contributed by atoms with E-state index < -0.39 is 5.97 Å². The van der Waals surface area contributed by atoms with Gasteiger partial charge in [0.25, 0.3) is 0 Å². The molecule has 2 rings (SSSR count). The van der Waals surface area contributed by atoms with Crippen LogP contribution in [0.15, 0.2) is 18.3 Å². The number of carbonyl (C=O) groups excluding carboxylic acids is 1. The van der Waals surface area contributed by atoms with Gasteiger partial charge in [0.15, 0.2) is 0 Å². The summed E-state index contributed by atoms with van der Waals surface area (Å²) in [4.78, 5) is 15.7. The van der Waals surface area contributed by atoms with Gasteiger partial charge in [-0.25, -0.2) is 0 Å². The second-order valence-electron chi connectivity index (χ2n) is 3.58. The Balaban J connectivity index is 2.09. The first-order valence-corrected chi connectivity index (χ1v) is 4.72. The van der Waals surface area contributed by atoms with Gasteiger partial charge in [-0.15, -0.1) is 0 Å². The number of carbonyl (C=O) groups is 1. The van der Waals surface area contributed by atoms with Crippen molar-refractivity contribution in [1.82, 2.24) is 4.98 Å². The minimum absolute atomic E-state index is 0.0916. The number of fused-ring (bicyclic) bond motifs is 1. The van der Waals surface area contributed by atoms with Crippen LogP contribution in [0.25, 0.3) is 0 Å². The van der Waals surface area contributed by atoms with Crippen molar-refractivity contribution >= 4 is 5.97 Å². The van der Waals surface area contributed by atoms with Crippen molar-refractivity contribution in [2.45, 2.75) is 13.0 Å². The van der Waals surface area contributed by atoms with Gasteiger partial charge in [0.05, 0.1) is 18.2 Å². The smallest absolute Gasteiger partial charge is 0.118 e. The quantitative estimate of drug-likeness (QED) is 0.577. The molecule has 0 saturated carbocycles. The summed E-state index contributed by atoms with van der Waals surface area (Å²) in [6.45, 7) is 1.67. The highest BCUT2D eigenvalue weighted by Crippen LogP contribution is 2.06. The van der Waals surface area contributed by atoms with E-state index in [4.69, 9.17) is 0 Å². The van der Waals surface area contributed by atoms with E-state index in [1.54, 1.807) is 6.20 Å². The van der Waals surface area contributed by atoms with E-state index in [0.717, 1.165) is 35.7 Å². The van der Waals surface area contributed by atoms with Crippen molar-refractivity contribution in [3.63, 3.8) is 0 Å². The fourth-order valence-electron chi connectivity index (χ4n) is 1.87. The van der Waals surface area contributed by atoms with Crippen LogP contribution in [-0.4, -0.2) is 24.0 Å². The molecule has 2 heterocycles. The van der Waals surface area contributed by atoms with E-state index in [9.17, 15) is 9.90 Å². The molecule has 4 heteroatoms. The molecule has 0 aliphatic carbocycles. The van der Waals surface area contributed by atoms with Crippen LogP contribution in [0.4, 0.5) is 0 Å². The van der Waals surface area contributed by atoms with Crippen molar-refractivity contribution in [1.29, 1.82) is 0 Å². The highest BCUT2D eigenvalue weighted by Gasteiger charge is 2.19. The number of rotatable bonds is 2. The van der Waals surface area contributed by atoms with Crippen molar-refractivity contribution in [3.8, 4) is 0 Å². The Labute approximate surface area is 82.2 Å². The van der Waals surface area contributed by atoms with Crippen LogP contribution >= 0.6 is 0 Å². The van der Waals surface area contributed by atoms with E-state index in [0.29, 0.717) is 0 Å². The zero-order valence-electron chi connectivity index (χ0n) is 7.82. The number of pyridine rings is 1. The lowest BCUT2D eigenvalue weighted by molar-refractivity contribution is -0.910. The molecule has 1 N–H and O–H groups in total. The molecule has 0 bridgehead atoms. The van der Waals surface area contributed by atoms with E-state index in [-0.39, 0.29) is 6.54 Å². The van der Waals surface area contributed by atoms with Crippen LogP contribution in [0.5, 0.6) is 0 Å². The Morgan fingerprint density at radius 2 is 2.50 bits per heavy atom. The highest BCUT2D eigenvalue weighted by atomic mass is 16.4. The normalized spacial score (nSPS) is 20.1. The number of aromatic nitrogens is 1. The van der Waals surface area contributed by atoms with Crippen LogP contribution in [0.3, 0.4) is 0 Å². The molecule has 0 amide bonds. The van der Waals surface area contributed by atoms with Crippen molar-refractivity contribution in [3.05, 3.63) is 29.6 Å². The minimum Gasteiger partial charge on any atom is -0.544 e. The zero-order valence-corrected chi connectivity index (χ0v) is 7.82. The molecule has 74 valence electrons. The van der Waals surface area contributed by atoms with Crippen LogP contribution < -0.4 is 10.0 Å². The summed E-state index contributed by atoms with van der Waals surface area (Å²) in [6, 6.07) is 3.90. The molecule has 0 spiro atoms. The van der Waals surface area contributed by atoms with E-state index >= 15 is 0 Å². The summed E-state index contributed by atoms with van der Waals surface area (Å²) in [5.41, 5.74) is 2.27. The Hall–Kier alpha value is -1.42. The van der Waals surface area contributed by atoms with Gasteiger partial charge in [0.2, 0.25) is 0 Å². The number of carboxylic acids is 1. The van der Waals surface area contributed by atoms with Crippen molar-refractivity contribution < 1.29 is 14.8 Å². The van der Waals surface area contributed by atoms with E-state index in [1.165, 1.54) is 0 Å². The molecule has 14 heavy (non-hydrogen) atoms. The average molecular weight is 192 g/mol. The molecule has 1 aromatic heterocycles. The number of carboxylic acid groups (broad SMARTS) is 1. The Bertz CT molecular complexity index is 352. The number of aliphatic carboxylic acids is 1. The van der Waals surface area contributed by atoms with Crippen molar-refractivity contribution in [2.75, 3.05) is 13.1 Å². The third-order valence-electron chi connectivity index (χ3n) is 2.53. The van der Waals surface area contributed by atoms with Gasteiger partial charge in [0.1, 0.15) is 13.1 Å². The van der Waals surface area contributed by atoms with E-state index in [1.807, 2.05) is 12.1 Å². The Kier molecular flexibility index (Phi) is 2.45. The molecule has 0 saturated heterocycles. The first-order chi connectivity index (χ1) is 6.75. The fraction of sp³-hybridized carbons (Fsp3) is 0.400. The molecule has 0 aromatic carbocycles. The Morgan fingerprint density at radius 1 is 1.64 bits per heavy atom. The van der Waals surface area contributed by atoms with Gasteiger partial charge < -0.3 is 14.8 Å². The highest BCUT2D eigenvalue weighted by molar-refractivity contribution is 5.65. The Morgan fingerprint density at radius 3 is 3.29 bits per heavy atom. The third-order valence-corrected chi connectivity index (χ3v) is 2.53. The molecule has 1 aromatic rings. The predicted molar refractivity (Wildman–Crippen MR) is 47.3 cm³/mol. The van der Waals surface area contributed by atoms with Gasteiger partial charge >= 0.3 is 0 Å². The van der Waals surface area contributed by atoms with Gasteiger partial charge in [0, 0.05) is 18.2 Å². The molecule has 1 aliphatic heterocycles. The zero-order chi connectivity index (χ0) is 9.97. The summed E-state index contributed by atoms with van der Waals surface area (Å²) in [6.07, 6.45) is 2.64. The first-order valence-electron chi connectivity index (χ1n) is 4.72. The lowest BCUT2D eigenvalue weighted by Crippen LogP contribution is -3.13. The predicted octanol–water partition coefficient (Wildman–Crippen LogP) is -2.23. The van der Waals surface area contributed by atoms with Crippen LogP contribution in [0, 0.1) is 0 Å². The first kappa shape index (κ1) is 9.15. The second-order valence-corrected chi connectivity index (χ2v) is 3.58. The second kappa shape index (κ2) is 3.75. The minimum atomic E-state index is -0.979. The van der Waals surface area contributed by atoms with Gasteiger partial charge in [-0.05, 0) is 6.07 Å². The number of nitrogens with one attached hydrogen (secondary N) is 1. The standard InChI is InChI=1S/C10H12N2O2/c13-10(14)7-12-5-3-9-8(6-12)2-1-4-11-9/h1-2,4H,3,5-7H2,(H,13,14). The fourth-order valence-corrected chi connectivity index (χ4v) is 1.87. The molecule has 1 atom stereocenters.